The van der Waals surface area contributed by atoms with E-state index in [-0.39, 0.29) is 17.2 Å². The second kappa shape index (κ2) is 9.61. The van der Waals surface area contributed by atoms with Crippen molar-refractivity contribution in [2.75, 3.05) is 31.6 Å². The highest BCUT2D eigenvalue weighted by Crippen LogP contribution is 2.29. The molecular formula is C16H27N3O4S. The van der Waals surface area contributed by atoms with E-state index in [9.17, 15) is 13.2 Å². The van der Waals surface area contributed by atoms with Gasteiger partial charge in [-0.25, -0.2) is 8.42 Å². The van der Waals surface area contributed by atoms with Crippen LogP contribution in [-0.4, -0.2) is 44.9 Å². The summed E-state index contributed by atoms with van der Waals surface area (Å²) in [6.07, 6.45) is 0.836. The molecule has 0 atom stereocenters. The molecule has 0 fully saturated rings. The molecule has 0 saturated heterocycles. The Labute approximate surface area is 144 Å². The number of hydrogen-bond acceptors (Lipinski definition) is 5. The fourth-order valence-corrected chi connectivity index (χ4v) is 3.72. The Morgan fingerprint density at radius 2 is 1.92 bits per heavy atom. The van der Waals surface area contributed by atoms with Crippen LogP contribution in [0.5, 0.6) is 5.75 Å². The molecule has 7 nitrogen and oxygen atoms in total. The molecule has 0 unspecified atom stereocenters. The van der Waals surface area contributed by atoms with Gasteiger partial charge in [-0.2, -0.15) is 4.31 Å². The normalized spacial score (nSPS) is 11.5. The van der Waals surface area contributed by atoms with E-state index >= 15 is 0 Å². The quantitative estimate of drug-likeness (QED) is 0.665. The molecule has 1 rings (SSSR count). The lowest BCUT2D eigenvalue weighted by Crippen LogP contribution is -2.30. The summed E-state index contributed by atoms with van der Waals surface area (Å²) in [6, 6.07) is 4.51. The summed E-state index contributed by atoms with van der Waals surface area (Å²) in [7, 11) is -3.60. The van der Waals surface area contributed by atoms with Crippen molar-refractivity contribution in [2.45, 2.75) is 38.5 Å². The Hall–Kier alpha value is -1.64. The van der Waals surface area contributed by atoms with Crippen LogP contribution in [0.15, 0.2) is 23.1 Å². The van der Waals surface area contributed by atoms with E-state index in [4.69, 9.17) is 10.5 Å². The molecule has 0 saturated carbocycles. The molecule has 1 aromatic carbocycles. The zero-order chi connectivity index (χ0) is 18.2. The number of rotatable bonds is 10. The van der Waals surface area contributed by atoms with Gasteiger partial charge < -0.3 is 15.8 Å². The van der Waals surface area contributed by atoms with E-state index < -0.39 is 10.0 Å². The highest BCUT2D eigenvalue weighted by atomic mass is 32.2. The number of ether oxygens (including phenoxy) is 1. The summed E-state index contributed by atoms with van der Waals surface area (Å²) in [6.45, 7) is 6.97. The maximum absolute atomic E-state index is 12.6. The van der Waals surface area contributed by atoms with Crippen LogP contribution >= 0.6 is 0 Å². The molecular weight excluding hydrogens is 330 g/mol. The molecule has 1 amide bonds. The van der Waals surface area contributed by atoms with Crippen molar-refractivity contribution in [3.8, 4) is 5.75 Å². The van der Waals surface area contributed by atoms with Crippen molar-refractivity contribution in [3.63, 3.8) is 0 Å². The zero-order valence-electron chi connectivity index (χ0n) is 14.5. The van der Waals surface area contributed by atoms with E-state index in [1.807, 2.05) is 6.92 Å². The van der Waals surface area contributed by atoms with Gasteiger partial charge in [0.1, 0.15) is 5.75 Å². The number of nitrogens with zero attached hydrogens (tertiary/aromatic N) is 1. The number of benzene rings is 1. The Morgan fingerprint density at radius 1 is 1.25 bits per heavy atom. The molecule has 0 spiro atoms. The predicted octanol–water partition coefficient (Wildman–Crippen LogP) is 1.79. The first kappa shape index (κ1) is 20.4. The van der Waals surface area contributed by atoms with Gasteiger partial charge in [0.05, 0.1) is 17.2 Å². The lowest BCUT2D eigenvalue weighted by Gasteiger charge is -2.20. The summed E-state index contributed by atoms with van der Waals surface area (Å²) in [5.41, 5.74) is 5.76. The molecule has 8 heteroatoms. The number of amides is 1. The van der Waals surface area contributed by atoms with Gasteiger partial charge >= 0.3 is 0 Å². The third-order valence-corrected chi connectivity index (χ3v) is 5.52. The molecule has 0 heterocycles. The van der Waals surface area contributed by atoms with Gasteiger partial charge in [-0.3, -0.25) is 4.79 Å². The molecule has 3 N–H and O–H groups in total. The molecule has 0 aliphatic carbocycles. The fraction of sp³-hybridized carbons (Fsp3) is 0.562. The van der Waals surface area contributed by atoms with Crippen molar-refractivity contribution < 1.29 is 17.9 Å². The maximum Gasteiger partial charge on any atom is 0.243 e. The summed E-state index contributed by atoms with van der Waals surface area (Å²) >= 11 is 0. The molecule has 0 aliphatic heterocycles. The second-order valence-corrected chi connectivity index (χ2v) is 7.06. The smallest absolute Gasteiger partial charge is 0.243 e. The van der Waals surface area contributed by atoms with E-state index in [2.05, 4.69) is 5.32 Å². The van der Waals surface area contributed by atoms with Gasteiger partial charge in [0, 0.05) is 19.5 Å². The molecule has 0 aliphatic rings. The first-order chi connectivity index (χ1) is 11.4. The van der Waals surface area contributed by atoms with E-state index in [1.54, 1.807) is 19.9 Å². The van der Waals surface area contributed by atoms with Crippen molar-refractivity contribution in [1.82, 2.24) is 4.31 Å². The van der Waals surface area contributed by atoms with Gasteiger partial charge in [-0.05, 0) is 38.1 Å². The van der Waals surface area contributed by atoms with Crippen molar-refractivity contribution in [1.29, 1.82) is 0 Å². The molecule has 24 heavy (non-hydrogen) atoms. The number of nitrogens with one attached hydrogen (secondary N) is 1. The van der Waals surface area contributed by atoms with E-state index in [1.165, 1.54) is 16.4 Å². The number of carbonyl (C=O) groups excluding carboxylic acids is 1. The number of nitrogens with two attached hydrogens (primary N) is 1. The first-order valence-electron chi connectivity index (χ1n) is 8.17. The minimum Gasteiger partial charge on any atom is -0.492 e. The third kappa shape index (κ3) is 5.19. The number of carbonyl (C=O) groups is 1. The Morgan fingerprint density at radius 3 is 2.46 bits per heavy atom. The van der Waals surface area contributed by atoms with Crippen LogP contribution < -0.4 is 15.8 Å². The number of hydrogen-bond donors (Lipinski definition) is 2. The summed E-state index contributed by atoms with van der Waals surface area (Å²) in [5, 5.41) is 2.72. The van der Waals surface area contributed by atoms with Crippen molar-refractivity contribution in [3.05, 3.63) is 18.2 Å². The topological polar surface area (TPSA) is 102 Å². The van der Waals surface area contributed by atoms with E-state index in [0.717, 1.165) is 0 Å². The average molecular weight is 357 g/mol. The summed E-state index contributed by atoms with van der Waals surface area (Å²) in [4.78, 5) is 12.1. The Kier molecular flexibility index (Phi) is 8.17. The first-order valence-corrected chi connectivity index (χ1v) is 9.61. The average Bonchev–Trinajstić information content (AvgIpc) is 2.55. The molecule has 0 bridgehead atoms. The standard InChI is InChI=1S/C16H27N3O4S/c1-4-19(5-2)24(21,22)13-9-10-15(23-6-3)14(12-13)18-16(20)8-7-11-17/h9-10,12H,4-8,11,17H2,1-3H3,(H,18,20). The third-order valence-electron chi connectivity index (χ3n) is 3.48. The number of sulfonamides is 1. The molecule has 1 aromatic rings. The van der Waals surface area contributed by atoms with Gasteiger partial charge in [0.2, 0.25) is 15.9 Å². The highest BCUT2D eigenvalue weighted by molar-refractivity contribution is 7.89. The fourth-order valence-electron chi connectivity index (χ4n) is 2.24. The van der Waals surface area contributed by atoms with Crippen molar-refractivity contribution in [2.24, 2.45) is 5.73 Å². The lowest BCUT2D eigenvalue weighted by atomic mass is 10.2. The zero-order valence-corrected chi connectivity index (χ0v) is 15.4. The van der Waals surface area contributed by atoms with Crippen LogP contribution in [-0.2, 0) is 14.8 Å². The van der Waals surface area contributed by atoms with Crippen LogP contribution in [0.3, 0.4) is 0 Å². The van der Waals surface area contributed by atoms with Gasteiger partial charge in [-0.1, -0.05) is 13.8 Å². The van der Waals surface area contributed by atoms with Crippen LogP contribution in [0, 0.1) is 0 Å². The van der Waals surface area contributed by atoms with Crippen LogP contribution in [0.4, 0.5) is 5.69 Å². The van der Waals surface area contributed by atoms with Crippen LogP contribution in [0.25, 0.3) is 0 Å². The Bertz CT molecular complexity index is 643. The van der Waals surface area contributed by atoms with Gasteiger partial charge in [0.25, 0.3) is 0 Å². The monoisotopic (exact) mass is 357 g/mol. The van der Waals surface area contributed by atoms with Crippen LogP contribution in [0.1, 0.15) is 33.6 Å². The highest BCUT2D eigenvalue weighted by Gasteiger charge is 2.23. The number of anilines is 1. The second-order valence-electron chi connectivity index (χ2n) is 5.12. The SMILES string of the molecule is CCOc1ccc(S(=O)(=O)N(CC)CC)cc1NC(=O)CCCN. The van der Waals surface area contributed by atoms with Gasteiger partial charge in [0.15, 0.2) is 0 Å². The van der Waals surface area contributed by atoms with Gasteiger partial charge in [-0.15, -0.1) is 0 Å². The summed E-state index contributed by atoms with van der Waals surface area (Å²) in [5.74, 6) is 0.218. The lowest BCUT2D eigenvalue weighted by molar-refractivity contribution is -0.116. The predicted molar refractivity (Wildman–Crippen MR) is 94.6 cm³/mol. The molecule has 0 radical (unpaired) electrons. The summed E-state index contributed by atoms with van der Waals surface area (Å²) < 4.78 is 32.1. The van der Waals surface area contributed by atoms with E-state index in [0.29, 0.717) is 44.1 Å². The molecule has 136 valence electrons. The minimum absolute atomic E-state index is 0.128. The molecule has 0 aromatic heterocycles. The minimum atomic E-state index is -3.60. The largest absolute Gasteiger partial charge is 0.492 e. The maximum atomic E-state index is 12.6. The van der Waals surface area contributed by atoms with Crippen LogP contribution in [0.2, 0.25) is 0 Å². The Balaban J connectivity index is 3.18. The van der Waals surface area contributed by atoms with Crippen molar-refractivity contribution >= 4 is 21.6 Å².